The fourth-order valence-electron chi connectivity index (χ4n) is 2.03. The summed E-state index contributed by atoms with van der Waals surface area (Å²) in [5.41, 5.74) is -0.625. The van der Waals surface area contributed by atoms with Crippen LogP contribution in [-0.2, 0) is 9.47 Å². The van der Waals surface area contributed by atoms with Crippen molar-refractivity contribution < 1.29 is 23.8 Å². The molecule has 0 fully saturated rings. The van der Waals surface area contributed by atoms with Crippen LogP contribution in [0, 0.1) is 0 Å². The van der Waals surface area contributed by atoms with Gasteiger partial charge in [0.25, 0.3) is 5.56 Å². The van der Waals surface area contributed by atoms with E-state index in [1.165, 1.54) is 33.7 Å². The van der Waals surface area contributed by atoms with Gasteiger partial charge in [-0.05, 0) is 6.08 Å². The monoisotopic (exact) mass is 291 g/mol. The summed E-state index contributed by atoms with van der Waals surface area (Å²) in [5.74, 6) is -1.18. The highest BCUT2D eigenvalue weighted by molar-refractivity contribution is 6.24. The Hall–Kier alpha value is -2.83. The van der Waals surface area contributed by atoms with Crippen LogP contribution in [0.2, 0.25) is 0 Å². The molecule has 0 radical (unpaired) electrons. The summed E-state index contributed by atoms with van der Waals surface area (Å²) in [5, 5.41) is 0. The van der Waals surface area contributed by atoms with Crippen molar-refractivity contribution in [2.45, 2.75) is 0 Å². The maximum atomic E-state index is 12.2. The Morgan fingerprint density at radius 1 is 1.10 bits per heavy atom. The van der Waals surface area contributed by atoms with Gasteiger partial charge in [0.05, 0.1) is 38.7 Å². The number of ketones is 2. The van der Waals surface area contributed by atoms with Crippen LogP contribution in [0.15, 0.2) is 22.9 Å². The van der Waals surface area contributed by atoms with Gasteiger partial charge >= 0.3 is 0 Å². The number of Topliss-reactive ketones (excluding diaryl/α,β-unsaturated/α-hetero) is 1. The summed E-state index contributed by atoms with van der Waals surface area (Å²) in [6.07, 6.45) is 3.69. The highest BCUT2D eigenvalue weighted by atomic mass is 16.5. The number of nitrogens with one attached hydrogen (secondary N) is 1. The topological polar surface area (TPSA) is 94.7 Å². The maximum absolute atomic E-state index is 12.2. The van der Waals surface area contributed by atoms with E-state index in [1.54, 1.807) is 0 Å². The Balaban J connectivity index is 2.77. The van der Waals surface area contributed by atoms with Gasteiger partial charge < -0.3 is 19.2 Å². The number of allylic oxidation sites excluding steroid dienone is 2. The van der Waals surface area contributed by atoms with E-state index in [9.17, 15) is 14.4 Å². The van der Waals surface area contributed by atoms with Gasteiger partial charge in [-0.15, -0.1) is 0 Å². The Kier molecular flexibility index (Phi) is 3.93. The molecule has 0 unspecified atom stereocenters. The Morgan fingerprint density at radius 2 is 1.81 bits per heavy atom. The van der Waals surface area contributed by atoms with E-state index < -0.39 is 17.1 Å². The lowest BCUT2D eigenvalue weighted by Crippen LogP contribution is -2.26. The van der Waals surface area contributed by atoms with Gasteiger partial charge in [-0.2, -0.15) is 0 Å². The summed E-state index contributed by atoms with van der Waals surface area (Å²) in [7, 11) is 4.00. The zero-order valence-corrected chi connectivity index (χ0v) is 11.7. The second-order valence-electron chi connectivity index (χ2n) is 4.10. The summed E-state index contributed by atoms with van der Waals surface area (Å²) >= 11 is 0. The van der Waals surface area contributed by atoms with Gasteiger partial charge in [-0.3, -0.25) is 14.4 Å². The molecule has 0 atom stereocenters. The minimum absolute atomic E-state index is 0.00125. The van der Waals surface area contributed by atoms with Gasteiger partial charge in [0.1, 0.15) is 11.4 Å². The highest BCUT2D eigenvalue weighted by Gasteiger charge is 2.32. The third kappa shape index (κ3) is 2.33. The van der Waals surface area contributed by atoms with Crippen molar-refractivity contribution in [2.75, 3.05) is 21.3 Å². The molecular weight excluding hydrogens is 278 g/mol. The lowest BCUT2D eigenvalue weighted by atomic mass is 9.95. The van der Waals surface area contributed by atoms with E-state index in [4.69, 9.17) is 14.2 Å². The van der Waals surface area contributed by atoms with Gasteiger partial charge in [0.2, 0.25) is 5.78 Å². The molecule has 7 heteroatoms. The fraction of sp³-hybridized carbons (Fsp3) is 0.214. The zero-order valence-electron chi connectivity index (χ0n) is 11.7. The molecule has 110 valence electrons. The van der Waals surface area contributed by atoms with Crippen molar-refractivity contribution in [3.8, 4) is 5.75 Å². The molecule has 1 N–H and O–H groups in total. The molecule has 21 heavy (non-hydrogen) atoms. The van der Waals surface area contributed by atoms with Crippen molar-refractivity contribution in [3.05, 3.63) is 45.3 Å². The third-order valence-corrected chi connectivity index (χ3v) is 2.96. The molecule has 0 aromatic carbocycles. The molecule has 0 aliphatic heterocycles. The van der Waals surface area contributed by atoms with Crippen molar-refractivity contribution in [1.29, 1.82) is 0 Å². The second-order valence-corrected chi connectivity index (χ2v) is 4.10. The first kappa shape index (κ1) is 14.6. The number of carbonyl (C=O) groups excluding carboxylic acids is 2. The SMILES string of the molecule is COC=Cc1c(OC)c2c([nH]c1=O)C(=O)C(OC)=CC2=O. The minimum atomic E-state index is -0.579. The predicted molar refractivity (Wildman–Crippen MR) is 73.4 cm³/mol. The van der Waals surface area contributed by atoms with Crippen molar-refractivity contribution in [3.63, 3.8) is 0 Å². The van der Waals surface area contributed by atoms with Crippen molar-refractivity contribution in [2.24, 2.45) is 0 Å². The van der Waals surface area contributed by atoms with Gasteiger partial charge in [-0.1, -0.05) is 0 Å². The molecule has 2 rings (SSSR count). The number of H-pyrrole nitrogens is 1. The normalized spacial score (nSPS) is 14.0. The van der Waals surface area contributed by atoms with Crippen LogP contribution in [0.25, 0.3) is 6.08 Å². The van der Waals surface area contributed by atoms with Crippen LogP contribution in [0.4, 0.5) is 0 Å². The average molecular weight is 291 g/mol. The van der Waals surface area contributed by atoms with Crippen LogP contribution in [0.1, 0.15) is 26.4 Å². The van der Waals surface area contributed by atoms with E-state index in [0.29, 0.717) is 0 Å². The third-order valence-electron chi connectivity index (χ3n) is 2.96. The number of fused-ring (bicyclic) bond motifs is 1. The first-order valence-electron chi connectivity index (χ1n) is 5.93. The number of aromatic nitrogens is 1. The molecule has 0 amide bonds. The molecule has 1 aliphatic rings. The van der Waals surface area contributed by atoms with E-state index in [1.807, 2.05) is 0 Å². The molecule has 7 nitrogen and oxygen atoms in total. The molecule has 0 saturated carbocycles. The van der Waals surface area contributed by atoms with Crippen molar-refractivity contribution in [1.82, 2.24) is 4.98 Å². The Bertz CT molecular complexity index is 726. The number of ether oxygens (including phenoxy) is 3. The molecule has 1 aromatic rings. The van der Waals surface area contributed by atoms with Gasteiger partial charge in [0, 0.05) is 6.08 Å². The summed E-state index contributed by atoms with van der Waals surface area (Å²) < 4.78 is 14.7. The minimum Gasteiger partial charge on any atom is -0.504 e. The number of aromatic amines is 1. The zero-order chi connectivity index (χ0) is 15.6. The standard InChI is InChI=1S/C14H13NO6/c1-19-5-4-7-13(21-3)10-8(16)6-9(20-2)12(17)11(10)15-14(7)18/h4-6H,1-3H3,(H,15,18). The number of rotatable bonds is 4. The van der Waals surface area contributed by atoms with Crippen LogP contribution < -0.4 is 10.3 Å². The van der Waals surface area contributed by atoms with Crippen LogP contribution >= 0.6 is 0 Å². The van der Waals surface area contributed by atoms with Crippen LogP contribution in [0.3, 0.4) is 0 Å². The maximum Gasteiger partial charge on any atom is 0.259 e. The summed E-state index contributed by atoms with van der Waals surface area (Å²) in [6, 6.07) is 0. The largest absolute Gasteiger partial charge is 0.504 e. The lowest BCUT2D eigenvalue weighted by molar-refractivity contribution is 0.0909. The Labute approximate surface area is 119 Å². The van der Waals surface area contributed by atoms with Gasteiger partial charge in [-0.25, -0.2) is 0 Å². The number of hydrogen-bond acceptors (Lipinski definition) is 6. The van der Waals surface area contributed by atoms with E-state index in [2.05, 4.69) is 4.98 Å². The first-order chi connectivity index (χ1) is 10.0. The second kappa shape index (κ2) is 5.66. The van der Waals surface area contributed by atoms with Crippen molar-refractivity contribution >= 4 is 17.6 Å². The quantitative estimate of drug-likeness (QED) is 0.828. The lowest BCUT2D eigenvalue weighted by Gasteiger charge is -2.17. The van der Waals surface area contributed by atoms with Crippen LogP contribution in [0.5, 0.6) is 5.75 Å². The van der Waals surface area contributed by atoms with Crippen LogP contribution in [-0.4, -0.2) is 37.9 Å². The number of hydrogen-bond donors (Lipinski definition) is 1. The molecule has 0 saturated heterocycles. The van der Waals surface area contributed by atoms with E-state index in [0.717, 1.165) is 6.08 Å². The molecule has 0 spiro atoms. The smallest absolute Gasteiger partial charge is 0.259 e. The fourth-order valence-corrected chi connectivity index (χ4v) is 2.03. The first-order valence-corrected chi connectivity index (χ1v) is 5.93. The summed E-state index contributed by atoms with van der Waals surface area (Å²) in [4.78, 5) is 38.7. The molecule has 1 aromatic heterocycles. The Morgan fingerprint density at radius 3 is 2.38 bits per heavy atom. The molecule has 1 aliphatic carbocycles. The predicted octanol–water partition coefficient (Wildman–Crippen LogP) is 0.910. The molecular formula is C14H13NO6. The molecule has 1 heterocycles. The number of methoxy groups -OCH3 is 3. The van der Waals surface area contributed by atoms with Gasteiger partial charge in [0.15, 0.2) is 11.5 Å². The number of carbonyl (C=O) groups is 2. The van der Waals surface area contributed by atoms with E-state index >= 15 is 0 Å². The average Bonchev–Trinajstić information content (AvgIpc) is 2.48. The number of pyridine rings is 1. The van der Waals surface area contributed by atoms with E-state index in [-0.39, 0.29) is 28.3 Å². The molecule has 0 bridgehead atoms. The highest BCUT2D eigenvalue weighted by Crippen LogP contribution is 2.30. The summed E-state index contributed by atoms with van der Waals surface area (Å²) in [6.45, 7) is 0.